The molecule has 136 valence electrons. The molecule has 1 aliphatic rings. The van der Waals surface area contributed by atoms with Crippen LogP contribution < -0.4 is 14.8 Å². The van der Waals surface area contributed by atoms with Gasteiger partial charge in [0.05, 0.1) is 5.56 Å². The van der Waals surface area contributed by atoms with E-state index in [0.717, 1.165) is 11.1 Å². The molecule has 2 amide bonds. The Morgan fingerprint density at radius 3 is 2.46 bits per heavy atom. The standard InChI is InChI=1S/C19H20N2O5/c1-2-21(11-14-5-8-16-17(9-14)26-12-25-16)19(24)20-10-13-3-6-15(7-4-13)18(22)23/h3-9H,2,10-12H2,1H3,(H,20,24)(H,22,23). The Hall–Kier alpha value is -3.22. The van der Waals surface area contributed by atoms with Gasteiger partial charge in [-0.2, -0.15) is 0 Å². The van der Waals surface area contributed by atoms with Crippen molar-refractivity contribution < 1.29 is 24.2 Å². The average molecular weight is 356 g/mol. The van der Waals surface area contributed by atoms with Crippen molar-refractivity contribution in [2.45, 2.75) is 20.0 Å². The van der Waals surface area contributed by atoms with Gasteiger partial charge in [0, 0.05) is 19.6 Å². The number of rotatable bonds is 6. The Balaban J connectivity index is 1.57. The normalized spacial score (nSPS) is 11.9. The van der Waals surface area contributed by atoms with Crippen LogP contribution in [0.2, 0.25) is 0 Å². The van der Waals surface area contributed by atoms with Gasteiger partial charge in [-0.25, -0.2) is 9.59 Å². The van der Waals surface area contributed by atoms with E-state index in [0.29, 0.717) is 31.1 Å². The van der Waals surface area contributed by atoms with Gasteiger partial charge < -0.3 is 24.8 Å². The monoisotopic (exact) mass is 356 g/mol. The predicted molar refractivity (Wildman–Crippen MR) is 94.3 cm³/mol. The molecule has 2 N–H and O–H groups in total. The number of benzene rings is 2. The second-order valence-electron chi connectivity index (χ2n) is 5.86. The first-order chi connectivity index (χ1) is 12.6. The number of carbonyl (C=O) groups excluding carboxylic acids is 1. The Labute approximate surface area is 151 Å². The van der Waals surface area contributed by atoms with Crippen LogP contribution in [0.3, 0.4) is 0 Å². The molecule has 26 heavy (non-hydrogen) atoms. The highest BCUT2D eigenvalue weighted by Crippen LogP contribution is 2.32. The summed E-state index contributed by atoms with van der Waals surface area (Å²) in [7, 11) is 0. The first-order valence-corrected chi connectivity index (χ1v) is 8.30. The summed E-state index contributed by atoms with van der Waals surface area (Å²) >= 11 is 0. The molecule has 2 aromatic carbocycles. The summed E-state index contributed by atoms with van der Waals surface area (Å²) in [6, 6.07) is 11.9. The molecule has 0 radical (unpaired) electrons. The lowest BCUT2D eigenvalue weighted by atomic mass is 10.1. The van der Waals surface area contributed by atoms with Gasteiger partial charge in [-0.3, -0.25) is 0 Å². The maximum Gasteiger partial charge on any atom is 0.335 e. The molecule has 0 unspecified atom stereocenters. The fraction of sp³-hybridized carbons (Fsp3) is 0.263. The molecule has 2 aromatic rings. The van der Waals surface area contributed by atoms with E-state index in [1.54, 1.807) is 17.0 Å². The van der Waals surface area contributed by atoms with Crippen molar-refractivity contribution in [2.24, 2.45) is 0 Å². The lowest BCUT2D eigenvalue weighted by molar-refractivity contribution is 0.0697. The highest BCUT2D eigenvalue weighted by molar-refractivity contribution is 5.87. The predicted octanol–water partition coefficient (Wildman–Crippen LogP) is 2.85. The first-order valence-electron chi connectivity index (χ1n) is 8.30. The van der Waals surface area contributed by atoms with E-state index in [-0.39, 0.29) is 18.4 Å². The van der Waals surface area contributed by atoms with Crippen LogP contribution in [0.15, 0.2) is 42.5 Å². The van der Waals surface area contributed by atoms with E-state index in [9.17, 15) is 9.59 Å². The van der Waals surface area contributed by atoms with Crippen LogP contribution in [0, 0.1) is 0 Å². The minimum Gasteiger partial charge on any atom is -0.478 e. The second kappa shape index (κ2) is 7.77. The molecular weight excluding hydrogens is 336 g/mol. The van der Waals surface area contributed by atoms with Gasteiger partial charge in [-0.15, -0.1) is 0 Å². The summed E-state index contributed by atoms with van der Waals surface area (Å²) in [6.07, 6.45) is 0. The summed E-state index contributed by atoms with van der Waals surface area (Å²) in [5.41, 5.74) is 2.01. The maximum atomic E-state index is 12.4. The summed E-state index contributed by atoms with van der Waals surface area (Å²) in [4.78, 5) is 25.0. The van der Waals surface area contributed by atoms with Gasteiger partial charge in [0.2, 0.25) is 6.79 Å². The zero-order valence-electron chi connectivity index (χ0n) is 14.4. The highest BCUT2D eigenvalue weighted by atomic mass is 16.7. The number of carbonyl (C=O) groups is 2. The molecule has 0 aromatic heterocycles. The van der Waals surface area contributed by atoms with Crippen molar-refractivity contribution in [1.82, 2.24) is 10.2 Å². The molecular formula is C19H20N2O5. The van der Waals surface area contributed by atoms with Gasteiger partial charge in [0.1, 0.15) is 0 Å². The van der Waals surface area contributed by atoms with E-state index in [4.69, 9.17) is 14.6 Å². The van der Waals surface area contributed by atoms with Gasteiger partial charge >= 0.3 is 12.0 Å². The van der Waals surface area contributed by atoms with Crippen molar-refractivity contribution in [3.8, 4) is 11.5 Å². The second-order valence-corrected chi connectivity index (χ2v) is 5.86. The average Bonchev–Trinajstić information content (AvgIpc) is 3.12. The van der Waals surface area contributed by atoms with E-state index in [1.165, 1.54) is 12.1 Å². The number of nitrogens with one attached hydrogen (secondary N) is 1. The van der Waals surface area contributed by atoms with Gasteiger partial charge in [0.25, 0.3) is 0 Å². The Bertz CT molecular complexity index is 804. The molecule has 0 saturated carbocycles. The van der Waals surface area contributed by atoms with Crippen LogP contribution in [-0.4, -0.2) is 35.3 Å². The van der Waals surface area contributed by atoms with Crippen molar-refractivity contribution in [3.63, 3.8) is 0 Å². The molecule has 0 saturated heterocycles. The molecule has 0 spiro atoms. The third-order valence-electron chi connectivity index (χ3n) is 4.12. The molecule has 1 heterocycles. The first kappa shape index (κ1) is 17.6. The zero-order chi connectivity index (χ0) is 18.5. The molecule has 3 rings (SSSR count). The summed E-state index contributed by atoms with van der Waals surface area (Å²) < 4.78 is 10.7. The number of carboxylic acid groups (broad SMARTS) is 1. The quantitative estimate of drug-likeness (QED) is 0.831. The van der Waals surface area contributed by atoms with E-state index in [1.807, 2.05) is 25.1 Å². The molecule has 7 nitrogen and oxygen atoms in total. The van der Waals surface area contributed by atoms with E-state index < -0.39 is 5.97 Å². The van der Waals surface area contributed by atoms with Crippen molar-refractivity contribution in [3.05, 3.63) is 59.2 Å². The number of fused-ring (bicyclic) bond motifs is 1. The maximum absolute atomic E-state index is 12.4. The van der Waals surface area contributed by atoms with E-state index in [2.05, 4.69) is 5.32 Å². The van der Waals surface area contributed by atoms with Crippen LogP contribution in [0.1, 0.15) is 28.4 Å². The Kier molecular flexibility index (Phi) is 5.26. The molecule has 1 aliphatic heterocycles. The number of aromatic carboxylic acids is 1. The zero-order valence-corrected chi connectivity index (χ0v) is 14.4. The smallest absolute Gasteiger partial charge is 0.335 e. The minimum absolute atomic E-state index is 0.188. The Morgan fingerprint density at radius 1 is 1.08 bits per heavy atom. The fourth-order valence-corrected chi connectivity index (χ4v) is 2.64. The van der Waals surface area contributed by atoms with E-state index >= 15 is 0 Å². The third-order valence-corrected chi connectivity index (χ3v) is 4.12. The van der Waals surface area contributed by atoms with Crippen molar-refractivity contribution in [2.75, 3.05) is 13.3 Å². The number of hydrogen-bond acceptors (Lipinski definition) is 4. The SMILES string of the molecule is CCN(Cc1ccc2c(c1)OCO2)C(=O)NCc1ccc(C(=O)O)cc1. The van der Waals surface area contributed by atoms with Crippen LogP contribution in [-0.2, 0) is 13.1 Å². The summed E-state index contributed by atoms with van der Waals surface area (Å²) in [6.45, 7) is 3.47. The minimum atomic E-state index is -0.971. The van der Waals surface area contributed by atoms with Gasteiger partial charge in [-0.05, 0) is 42.3 Å². The number of urea groups is 1. The summed E-state index contributed by atoms with van der Waals surface area (Å²) in [5.74, 6) is 0.435. The molecule has 7 heteroatoms. The molecule has 0 bridgehead atoms. The van der Waals surface area contributed by atoms with Crippen LogP contribution in [0.25, 0.3) is 0 Å². The largest absolute Gasteiger partial charge is 0.478 e. The third kappa shape index (κ3) is 4.05. The van der Waals surface area contributed by atoms with Crippen LogP contribution in [0.4, 0.5) is 4.79 Å². The number of hydrogen-bond donors (Lipinski definition) is 2. The topological polar surface area (TPSA) is 88.1 Å². The number of ether oxygens (including phenoxy) is 2. The van der Waals surface area contributed by atoms with Crippen molar-refractivity contribution >= 4 is 12.0 Å². The molecule has 0 aliphatic carbocycles. The lowest BCUT2D eigenvalue weighted by Crippen LogP contribution is -2.39. The fourth-order valence-electron chi connectivity index (χ4n) is 2.64. The van der Waals surface area contributed by atoms with Gasteiger partial charge in [-0.1, -0.05) is 18.2 Å². The van der Waals surface area contributed by atoms with Crippen LogP contribution >= 0.6 is 0 Å². The lowest BCUT2D eigenvalue weighted by Gasteiger charge is -2.21. The highest BCUT2D eigenvalue weighted by Gasteiger charge is 2.16. The van der Waals surface area contributed by atoms with Crippen LogP contribution in [0.5, 0.6) is 11.5 Å². The Morgan fingerprint density at radius 2 is 1.77 bits per heavy atom. The molecule has 0 atom stereocenters. The number of nitrogens with zero attached hydrogens (tertiary/aromatic N) is 1. The summed E-state index contributed by atoms with van der Waals surface area (Å²) in [5, 5.41) is 11.8. The molecule has 0 fully saturated rings. The van der Waals surface area contributed by atoms with Crippen molar-refractivity contribution in [1.29, 1.82) is 0 Å². The number of amides is 2. The van der Waals surface area contributed by atoms with Gasteiger partial charge in [0.15, 0.2) is 11.5 Å². The number of carboxylic acids is 1.